The Balaban J connectivity index is 1.70. The zero-order valence-corrected chi connectivity index (χ0v) is 14.0. The summed E-state index contributed by atoms with van der Waals surface area (Å²) in [4.78, 5) is 6.03. The molecule has 0 bridgehead atoms. The van der Waals surface area contributed by atoms with Crippen molar-refractivity contribution in [2.75, 3.05) is 13.1 Å². The van der Waals surface area contributed by atoms with E-state index >= 15 is 0 Å². The van der Waals surface area contributed by atoms with Gasteiger partial charge in [0.15, 0.2) is 0 Å². The normalized spacial score (nSPS) is 19.2. The van der Waals surface area contributed by atoms with Crippen LogP contribution in [0.5, 0.6) is 0 Å². The maximum absolute atomic E-state index is 5.47. The largest absolute Gasteiger partial charge is 0.350 e. The zero-order valence-electron chi connectivity index (χ0n) is 13.2. The average Bonchev–Trinajstić information content (AvgIpc) is 2.56. The Labute approximate surface area is 138 Å². The standard InChI is InChI=1S/C19H24N2S/c1-2-16-10-11-18(20-19(16)22)17-9-6-12-21(14-17)13-15-7-4-3-5-8-15/h3-5,7-8,10-11,17H,2,6,9,12-14H2,1H3,(H,20,22). The van der Waals surface area contributed by atoms with E-state index in [9.17, 15) is 0 Å². The van der Waals surface area contributed by atoms with Crippen LogP contribution in [0.2, 0.25) is 0 Å². The van der Waals surface area contributed by atoms with Gasteiger partial charge in [-0.25, -0.2) is 0 Å². The number of likely N-dealkylation sites (tertiary alicyclic amines) is 1. The molecule has 2 heterocycles. The number of benzene rings is 1. The maximum Gasteiger partial charge on any atom is 0.106 e. The summed E-state index contributed by atoms with van der Waals surface area (Å²) in [5.41, 5.74) is 3.95. The smallest absolute Gasteiger partial charge is 0.106 e. The topological polar surface area (TPSA) is 19.0 Å². The number of rotatable bonds is 4. The van der Waals surface area contributed by atoms with Gasteiger partial charge in [-0.15, -0.1) is 0 Å². The SMILES string of the molecule is CCc1ccc(C2CCCN(Cc3ccccc3)C2)[nH]c1=S. The van der Waals surface area contributed by atoms with Crippen molar-refractivity contribution in [3.63, 3.8) is 0 Å². The van der Waals surface area contributed by atoms with Crippen LogP contribution in [-0.4, -0.2) is 23.0 Å². The molecule has 116 valence electrons. The minimum atomic E-state index is 0.574. The van der Waals surface area contributed by atoms with Crippen LogP contribution in [0.3, 0.4) is 0 Å². The lowest BCUT2D eigenvalue weighted by Crippen LogP contribution is -2.34. The number of aromatic amines is 1. The minimum Gasteiger partial charge on any atom is -0.350 e. The van der Waals surface area contributed by atoms with Gasteiger partial charge in [0.25, 0.3) is 0 Å². The molecule has 0 spiro atoms. The highest BCUT2D eigenvalue weighted by Gasteiger charge is 2.22. The summed E-state index contributed by atoms with van der Waals surface area (Å²) in [6, 6.07) is 15.2. The van der Waals surface area contributed by atoms with Crippen LogP contribution in [-0.2, 0) is 13.0 Å². The van der Waals surface area contributed by atoms with Gasteiger partial charge < -0.3 is 4.98 Å². The van der Waals surface area contributed by atoms with Gasteiger partial charge >= 0.3 is 0 Å². The van der Waals surface area contributed by atoms with Gasteiger partial charge in [-0.2, -0.15) is 0 Å². The van der Waals surface area contributed by atoms with Crippen LogP contribution in [0.1, 0.15) is 42.5 Å². The van der Waals surface area contributed by atoms with E-state index in [1.54, 1.807) is 0 Å². The molecule has 0 radical (unpaired) electrons. The summed E-state index contributed by atoms with van der Waals surface area (Å²) < 4.78 is 0.917. The second kappa shape index (κ2) is 7.21. The molecular formula is C19H24N2S. The van der Waals surface area contributed by atoms with Crippen LogP contribution in [0, 0.1) is 4.64 Å². The van der Waals surface area contributed by atoms with E-state index in [2.05, 4.69) is 59.3 Å². The summed E-state index contributed by atoms with van der Waals surface area (Å²) in [5, 5.41) is 0. The molecule has 1 unspecified atom stereocenters. The van der Waals surface area contributed by atoms with Crippen LogP contribution < -0.4 is 0 Å². The highest BCUT2D eigenvalue weighted by atomic mass is 32.1. The quantitative estimate of drug-likeness (QED) is 0.826. The molecule has 2 nitrogen and oxygen atoms in total. The molecule has 3 rings (SSSR count). The highest BCUT2D eigenvalue weighted by molar-refractivity contribution is 7.71. The molecule has 0 amide bonds. The number of piperidine rings is 1. The number of aryl methyl sites for hydroxylation is 1. The third-order valence-electron chi connectivity index (χ3n) is 4.59. The molecule has 22 heavy (non-hydrogen) atoms. The van der Waals surface area contributed by atoms with E-state index < -0.39 is 0 Å². The first-order chi connectivity index (χ1) is 10.8. The van der Waals surface area contributed by atoms with E-state index in [-0.39, 0.29) is 0 Å². The third-order valence-corrected chi connectivity index (χ3v) is 4.95. The third kappa shape index (κ3) is 3.65. The van der Waals surface area contributed by atoms with Crippen molar-refractivity contribution in [3.05, 3.63) is 63.9 Å². The molecule has 1 atom stereocenters. The van der Waals surface area contributed by atoms with Crippen molar-refractivity contribution in [2.45, 2.75) is 38.6 Å². The zero-order chi connectivity index (χ0) is 15.4. The molecular weight excluding hydrogens is 288 g/mol. The predicted molar refractivity (Wildman–Crippen MR) is 94.7 cm³/mol. The summed E-state index contributed by atoms with van der Waals surface area (Å²) in [5.74, 6) is 0.574. The Kier molecular flexibility index (Phi) is 5.06. The van der Waals surface area contributed by atoms with Gasteiger partial charge in [0.05, 0.1) is 0 Å². The van der Waals surface area contributed by atoms with Gasteiger partial charge in [0, 0.05) is 24.7 Å². The minimum absolute atomic E-state index is 0.574. The highest BCUT2D eigenvalue weighted by Crippen LogP contribution is 2.27. The van der Waals surface area contributed by atoms with Crippen molar-refractivity contribution in [1.29, 1.82) is 0 Å². The fourth-order valence-corrected chi connectivity index (χ4v) is 3.66. The van der Waals surface area contributed by atoms with E-state index in [0.29, 0.717) is 5.92 Å². The maximum atomic E-state index is 5.47. The number of hydrogen-bond donors (Lipinski definition) is 1. The van der Waals surface area contributed by atoms with E-state index in [1.807, 2.05) is 0 Å². The van der Waals surface area contributed by atoms with Crippen molar-refractivity contribution in [1.82, 2.24) is 9.88 Å². The fourth-order valence-electron chi connectivity index (χ4n) is 3.33. The Bertz CT molecular complexity index is 663. The van der Waals surface area contributed by atoms with Crippen LogP contribution >= 0.6 is 12.2 Å². The monoisotopic (exact) mass is 312 g/mol. The van der Waals surface area contributed by atoms with E-state index in [1.165, 1.54) is 36.2 Å². The summed E-state index contributed by atoms with van der Waals surface area (Å²) in [6.45, 7) is 5.51. The first-order valence-corrected chi connectivity index (χ1v) is 8.65. The van der Waals surface area contributed by atoms with Crippen LogP contribution in [0.15, 0.2) is 42.5 Å². The number of aromatic nitrogens is 1. The molecule has 2 aromatic rings. The lowest BCUT2D eigenvalue weighted by molar-refractivity contribution is 0.198. The lowest BCUT2D eigenvalue weighted by atomic mass is 9.93. The summed E-state index contributed by atoms with van der Waals surface area (Å²) >= 11 is 5.47. The summed E-state index contributed by atoms with van der Waals surface area (Å²) in [7, 11) is 0. The number of hydrogen-bond acceptors (Lipinski definition) is 2. The first-order valence-electron chi connectivity index (χ1n) is 8.24. The average molecular weight is 312 g/mol. The molecule has 1 aliphatic rings. The molecule has 1 fully saturated rings. The van der Waals surface area contributed by atoms with Gasteiger partial charge in [-0.1, -0.05) is 55.5 Å². The Hall–Kier alpha value is -1.45. The first kappa shape index (κ1) is 15.4. The molecule has 1 aliphatic heterocycles. The van der Waals surface area contributed by atoms with Gasteiger partial charge in [0.1, 0.15) is 4.64 Å². The fraction of sp³-hybridized carbons (Fsp3) is 0.421. The van der Waals surface area contributed by atoms with E-state index in [0.717, 1.165) is 24.2 Å². The van der Waals surface area contributed by atoms with Crippen molar-refractivity contribution < 1.29 is 0 Å². The molecule has 0 aliphatic carbocycles. The number of nitrogens with zero attached hydrogens (tertiary/aromatic N) is 1. The molecule has 1 aromatic carbocycles. The lowest BCUT2D eigenvalue weighted by Gasteiger charge is -2.33. The summed E-state index contributed by atoms with van der Waals surface area (Å²) in [6.07, 6.45) is 3.51. The predicted octanol–water partition coefficient (Wildman–Crippen LogP) is 4.69. The van der Waals surface area contributed by atoms with Crippen molar-refractivity contribution in [3.8, 4) is 0 Å². The van der Waals surface area contributed by atoms with Crippen LogP contribution in [0.4, 0.5) is 0 Å². The molecule has 1 aromatic heterocycles. The molecule has 1 saturated heterocycles. The van der Waals surface area contributed by atoms with Crippen LogP contribution in [0.25, 0.3) is 0 Å². The Morgan fingerprint density at radius 1 is 1.18 bits per heavy atom. The second-order valence-electron chi connectivity index (χ2n) is 6.18. The van der Waals surface area contributed by atoms with Crippen molar-refractivity contribution in [2.24, 2.45) is 0 Å². The number of pyridine rings is 1. The number of H-pyrrole nitrogens is 1. The Morgan fingerprint density at radius 2 is 2.00 bits per heavy atom. The van der Waals surface area contributed by atoms with Gasteiger partial charge in [0.2, 0.25) is 0 Å². The van der Waals surface area contributed by atoms with Gasteiger partial charge in [-0.05, 0) is 43.0 Å². The molecule has 0 saturated carbocycles. The number of nitrogens with one attached hydrogen (secondary N) is 1. The Morgan fingerprint density at radius 3 is 2.73 bits per heavy atom. The molecule has 3 heteroatoms. The van der Waals surface area contributed by atoms with E-state index in [4.69, 9.17) is 12.2 Å². The van der Waals surface area contributed by atoms with Gasteiger partial charge in [-0.3, -0.25) is 4.90 Å². The van der Waals surface area contributed by atoms with Crippen molar-refractivity contribution >= 4 is 12.2 Å². The second-order valence-corrected chi connectivity index (χ2v) is 6.59. The molecule has 1 N–H and O–H groups in total.